The fraction of sp³-hybridized carbons (Fsp3) is 0.400. The Morgan fingerprint density at radius 3 is 0.963 bits per heavy atom. The van der Waals surface area contributed by atoms with Gasteiger partial charge in [-0.3, -0.25) is 34.6 Å². The minimum absolute atomic E-state index is 0.329. The maximum Gasteiger partial charge on any atom is 0.300 e. The minimum atomic E-state index is -1.11. The number of amides is 4. The van der Waals surface area contributed by atoms with Gasteiger partial charge in [-0.2, -0.15) is 0 Å². The molecule has 0 saturated carbocycles. The van der Waals surface area contributed by atoms with Gasteiger partial charge in [0.15, 0.2) is 0 Å². The summed E-state index contributed by atoms with van der Waals surface area (Å²) >= 11 is 0. The van der Waals surface area contributed by atoms with E-state index >= 15 is 0 Å². The van der Waals surface area contributed by atoms with Gasteiger partial charge in [0.2, 0.25) is 0 Å². The lowest BCUT2D eigenvalue weighted by Crippen LogP contribution is -2.37. The number of aliphatic hydroxyl groups is 4. The van der Waals surface area contributed by atoms with Gasteiger partial charge in [-0.1, -0.05) is 0 Å². The Hall–Kier alpha value is -2.93. The summed E-state index contributed by atoms with van der Waals surface area (Å²) < 4.78 is 0. The average Bonchev–Trinajstić information content (AvgIpc) is 3.17. The fourth-order valence-corrected chi connectivity index (χ4v) is 1.01. The van der Waals surface area contributed by atoms with Crippen molar-refractivity contribution in [1.29, 1.82) is 0 Å². The van der Waals surface area contributed by atoms with Gasteiger partial charge in [-0.05, 0) is 0 Å². The molecule has 152 valence electrons. The van der Waals surface area contributed by atoms with Gasteiger partial charge in [-0.15, -0.1) is 0 Å². The molecule has 27 heavy (non-hydrogen) atoms. The van der Waals surface area contributed by atoms with Crippen LogP contribution in [0.3, 0.4) is 0 Å². The molecule has 0 fully saturated rings. The van der Waals surface area contributed by atoms with Crippen LogP contribution in [0, 0.1) is 5.41 Å². The van der Waals surface area contributed by atoms with Gasteiger partial charge < -0.3 is 25.5 Å². The molecule has 0 aromatic heterocycles. The fourth-order valence-electron chi connectivity index (χ4n) is 1.01. The van der Waals surface area contributed by atoms with E-state index in [0.29, 0.717) is 0 Å². The van der Waals surface area contributed by atoms with Crippen LogP contribution in [0.4, 0.5) is 0 Å². The maximum absolute atomic E-state index is 10.0. The van der Waals surface area contributed by atoms with Crippen molar-refractivity contribution in [3.05, 3.63) is 24.3 Å². The summed E-state index contributed by atoms with van der Waals surface area (Å²) in [6.45, 7) is -0.542. The lowest BCUT2D eigenvalue weighted by molar-refractivity contribution is -0.134. The van der Waals surface area contributed by atoms with Crippen LogP contribution in [0.25, 0.3) is 0 Å². The molecule has 0 aromatic carbocycles. The molecule has 0 bridgehead atoms. The monoisotopic (exact) mass is 390 g/mol. The van der Waals surface area contributed by atoms with Gasteiger partial charge in [0, 0.05) is 31.2 Å². The molecule has 12 nitrogen and oxygen atoms in total. The molecule has 0 aliphatic carbocycles. The number of carbonyl (C=O) groups is 5. The summed E-state index contributed by atoms with van der Waals surface area (Å²) in [4.78, 5) is 49.1. The molecule has 4 amide bonds. The van der Waals surface area contributed by atoms with E-state index in [1.54, 1.807) is 0 Å². The minimum Gasteiger partial charge on any atom is -0.481 e. The zero-order chi connectivity index (χ0) is 21.5. The highest BCUT2D eigenvalue weighted by Gasteiger charge is 2.26. The first-order valence-corrected chi connectivity index (χ1v) is 7.24. The van der Waals surface area contributed by atoms with Gasteiger partial charge in [0.05, 0.1) is 31.8 Å². The Labute approximate surface area is 153 Å². The number of aliphatic hydroxyl groups excluding tert-OH is 4. The Bertz CT molecular complexity index is 504. The highest BCUT2D eigenvalue weighted by molar-refractivity contribution is 6.13. The zero-order valence-electron chi connectivity index (χ0n) is 14.4. The van der Waals surface area contributed by atoms with Crippen molar-refractivity contribution in [2.45, 2.75) is 6.92 Å². The second-order valence-electron chi connectivity index (χ2n) is 5.03. The van der Waals surface area contributed by atoms with E-state index in [0.717, 1.165) is 6.92 Å². The third-order valence-electron chi connectivity index (χ3n) is 2.61. The molecule has 0 atom stereocenters. The smallest absolute Gasteiger partial charge is 0.300 e. The first-order valence-electron chi connectivity index (χ1n) is 7.24. The predicted molar refractivity (Wildman–Crippen MR) is 88.7 cm³/mol. The van der Waals surface area contributed by atoms with Crippen LogP contribution in [-0.4, -0.2) is 81.6 Å². The molecule has 12 heteroatoms. The lowest BCUT2D eigenvalue weighted by atomic mass is 9.93. The molecule has 2 heterocycles. The number of imide groups is 2. The van der Waals surface area contributed by atoms with Gasteiger partial charge in [-0.25, -0.2) is 0 Å². The molecule has 7 N–H and O–H groups in total. The summed E-state index contributed by atoms with van der Waals surface area (Å²) in [6, 6.07) is 0. The third kappa shape index (κ3) is 14.0. The van der Waals surface area contributed by atoms with E-state index in [1.165, 1.54) is 24.3 Å². The van der Waals surface area contributed by atoms with Crippen LogP contribution in [0.1, 0.15) is 6.92 Å². The van der Waals surface area contributed by atoms with Crippen LogP contribution in [-0.2, 0) is 24.0 Å². The van der Waals surface area contributed by atoms with E-state index in [9.17, 15) is 19.2 Å². The predicted octanol–water partition coefficient (Wildman–Crippen LogP) is -3.57. The second kappa shape index (κ2) is 14.3. The number of hydrogen-bond acceptors (Lipinski definition) is 9. The van der Waals surface area contributed by atoms with Crippen molar-refractivity contribution >= 4 is 29.6 Å². The molecule has 2 rings (SSSR count). The molecular formula is C15H22N2O10. The van der Waals surface area contributed by atoms with E-state index < -0.39 is 37.8 Å². The summed E-state index contributed by atoms with van der Waals surface area (Å²) in [5.74, 6) is -2.15. The number of rotatable bonds is 4. The van der Waals surface area contributed by atoms with Crippen LogP contribution >= 0.6 is 0 Å². The Morgan fingerprint density at radius 2 is 0.926 bits per heavy atom. The average molecular weight is 390 g/mol. The molecule has 0 aromatic rings. The van der Waals surface area contributed by atoms with Crippen LogP contribution in [0.5, 0.6) is 0 Å². The Balaban J connectivity index is 0. The Kier molecular flexibility index (Phi) is 13.9. The second-order valence-corrected chi connectivity index (χ2v) is 5.03. The highest BCUT2D eigenvalue weighted by Crippen LogP contribution is 2.11. The molecule has 0 saturated heterocycles. The number of carbonyl (C=O) groups excluding carboxylic acids is 4. The van der Waals surface area contributed by atoms with Crippen LogP contribution < -0.4 is 10.6 Å². The highest BCUT2D eigenvalue weighted by atomic mass is 16.4. The summed E-state index contributed by atoms with van der Waals surface area (Å²) in [5.41, 5.74) is -1.11. The molecule has 2 aliphatic rings. The van der Waals surface area contributed by atoms with E-state index in [4.69, 9.17) is 30.3 Å². The van der Waals surface area contributed by atoms with Crippen molar-refractivity contribution < 1.29 is 49.5 Å². The molecular weight excluding hydrogens is 368 g/mol. The lowest BCUT2D eigenvalue weighted by Gasteiger charge is -2.23. The number of aliphatic carboxylic acids is 1. The molecule has 0 radical (unpaired) electrons. The summed E-state index contributed by atoms with van der Waals surface area (Å²) in [6.07, 6.45) is 4.79. The zero-order valence-corrected chi connectivity index (χ0v) is 14.4. The van der Waals surface area contributed by atoms with Gasteiger partial charge in [0.25, 0.3) is 29.6 Å². The van der Waals surface area contributed by atoms with Gasteiger partial charge in [0.1, 0.15) is 0 Å². The first-order chi connectivity index (χ1) is 12.6. The van der Waals surface area contributed by atoms with E-state index in [2.05, 4.69) is 0 Å². The Morgan fingerprint density at radius 1 is 0.741 bits per heavy atom. The number of carboxylic acid groups (broad SMARTS) is 1. The van der Waals surface area contributed by atoms with Crippen molar-refractivity contribution in [3.8, 4) is 0 Å². The van der Waals surface area contributed by atoms with E-state index in [-0.39, 0.29) is 23.6 Å². The van der Waals surface area contributed by atoms with Crippen molar-refractivity contribution in [2.24, 2.45) is 5.41 Å². The number of hydrogen-bond donors (Lipinski definition) is 7. The molecule has 0 unspecified atom stereocenters. The van der Waals surface area contributed by atoms with Crippen molar-refractivity contribution in [3.63, 3.8) is 0 Å². The quantitative estimate of drug-likeness (QED) is 0.235. The number of carboxylic acids is 1. The van der Waals surface area contributed by atoms with Crippen molar-refractivity contribution in [1.82, 2.24) is 10.6 Å². The first kappa shape index (κ1) is 26.3. The molecule has 0 spiro atoms. The normalized spacial score (nSPS) is 14.1. The van der Waals surface area contributed by atoms with Crippen LogP contribution in [0.15, 0.2) is 24.3 Å². The van der Waals surface area contributed by atoms with Crippen LogP contribution in [0.2, 0.25) is 0 Å². The SMILES string of the molecule is CC(=O)O.O=C1C=CC(=O)N1.O=C1C=CC(=O)N1.OCC(CO)(CO)CO. The standard InChI is InChI=1S/C5H12O4.2C4H3NO2.C2H4O2/c6-1-5(2-7,3-8)4-9;2*6-3-1-2-4(7)5-3;1-2(3)4/h6-9H,1-4H2;2*1-2H,(H,5,6,7);1H3,(H,3,4). The van der Waals surface area contributed by atoms with E-state index in [1.807, 2.05) is 10.6 Å². The summed E-state index contributed by atoms with van der Waals surface area (Å²) in [5, 5.41) is 45.5. The number of nitrogens with one attached hydrogen (secondary N) is 2. The topological polar surface area (TPSA) is 211 Å². The molecule has 2 aliphatic heterocycles. The summed E-state index contributed by atoms with van der Waals surface area (Å²) in [7, 11) is 0. The third-order valence-corrected chi connectivity index (χ3v) is 2.61. The van der Waals surface area contributed by atoms with Crippen molar-refractivity contribution in [2.75, 3.05) is 26.4 Å². The van der Waals surface area contributed by atoms with Gasteiger partial charge >= 0.3 is 0 Å². The largest absolute Gasteiger partial charge is 0.481 e. The maximum atomic E-state index is 10.0.